The van der Waals surface area contributed by atoms with E-state index < -0.39 is 95.5 Å². The number of cyclic esters (lactones) is 1. The first-order chi connectivity index (χ1) is 24.2. The van der Waals surface area contributed by atoms with Crippen molar-refractivity contribution in [2.24, 2.45) is 17.8 Å². The van der Waals surface area contributed by atoms with Crippen molar-refractivity contribution in [2.75, 3.05) is 34.8 Å². The SMILES string of the molecule is CC[C@H]1OC(=O)[C@H](C)[C@@H](O[C@H]2C[C@@](C)(OC)[C@](C)(O)[C@H](C)O2)[C@H](C)[C@@H](O[C@@H]2O[C@H](C)C[C@H](N(C)C)[C@H]2O)[C@@](C)(O)C[C@@H](C)CN(C)[C@H](C)[C@@H](O)[C@]1(C)O. The highest BCUT2D eigenvalue weighted by atomic mass is 16.7. The van der Waals surface area contributed by atoms with Gasteiger partial charge in [-0.2, -0.15) is 0 Å². The zero-order valence-electron chi connectivity index (χ0n) is 35.1. The van der Waals surface area contributed by atoms with Crippen LogP contribution in [0, 0.1) is 17.8 Å². The third-order valence-electron chi connectivity index (χ3n) is 13.0. The van der Waals surface area contributed by atoms with Gasteiger partial charge in [-0.1, -0.05) is 20.8 Å². The molecule has 0 aromatic heterocycles. The van der Waals surface area contributed by atoms with E-state index in [-0.39, 0.29) is 37.3 Å². The van der Waals surface area contributed by atoms with Crippen LogP contribution in [0.15, 0.2) is 0 Å². The summed E-state index contributed by atoms with van der Waals surface area (Å²) >= 11 is 0. The van der Waals surface area contributed by atoms with Crippen LogP contribution in [0.3, 0.4) is 0 Å². The molecule has 14 nitrogen and oxygen atoms in total. The number of hydrogen-bond donors (Lipinski definition) is 5. The number of aliphatic hydroxyl groups is 5. The van der Waals surface area contributed by atoms with Crippen LogP contribution < -0.4 is 0 Å². The highest BCUT2D eigenvalue weighted by molar-refractivity contribution is 5.73. The molecular formula is C39H74N2O12. The van der Waals surface area contributed by atoms with Crippen molar-refractivity contribution in [3.05, 3.63) is 0 Å². The second-order valence-corrected chi connectivity index (χ2v) is 17.7. The Morgan fingerprint density at radius 2 is 1.55 bits per heavy atom. The van der Waals surface area contributed by atoms with Gasteiger partial charge in [0.2, 0.25) is 0 Å². The van der Waals surface area contributed by atoms with Crippen molar-refractivity contribution in [3.63, 3.8) is 0 Å². The van der Waals surface area contributed by atoms with Gasteiger partial charge in [-0.15, -0.1) is 0 Å². The van der Waals surface area contributed by atoms with E-state index in [1.54, 1.807) is 48.5 Å². The molecule has 3 saturated heterocycles. The summed E-state index contributed by atoms with van der Waals surface area (Å²) in [6.45, 7) is 19.7. The van der Waals surface area contributed by atoms with E-state index >= 15 is 0 Å². The van der Waals surface area contributed by atoms with Crippen LogP contribution in [0.5, 0.6) is 0 Å². The summed E-state index contributed by atoms with van der Waals surface area (Å²) in [7, 11) is 7.13. The lowest BCUT2D eigenvalue weighted by Gasteiger charge is -2.52. The van der Waals surface area contributed by atoms with Gasteiger partial charge in [-0.05, 0) is 102 Å². The minimum absolute atomic E-state index is 0.111. The topological polar surface area (TPSA) is 180 Å². The number of hydrogen-bond acceptors (Lipinski definition) is 14. The van der Waals surface area contributed by atoms with Gasteiger partial charge in [0.25, 0.3) is 0 Å². The van der Waals surface area contributed by atoms with E-state index in [9.17, 15) is 30.3 Å². The van der Waals surface area contributed by atoms with Gasteiger partial charge in [-0.25, -0.2) is 0 Å². The minimum atomic E-state index is -1.80. The molecule has 0 aromatic rings. The monoisotopic (exact) mass is 763 g/mol. The fraction of sp³-hybridized carbons (Fsp3) is 0.974. The Morgan fingerprint density at radius 1 is 0.943 bits per heavy atom. The van der Waals surface area contributed by atoms with Crippen molar-refractivity contribution >= 4 is 5.97 Å². The molecule has 53 heavy (non-hydrogen) atoms. The maximum absolute atomic E-state index is 14.2. The van der Waals surface area contributed by atoms with Crippen molar-refractivity contribution in [1.29, 1.82) is 0 Å². The largest absolute Gasteiger partial charge is 0.459 e. The molecule has 0 amide bonds. The van der Waals surface area contributed by atoms with Gasteiger partial charge in [0.1, 0.15) is 35.1 Å². The minimum Gasteiger partial charge on any atom is -0.459 e. The van der Waals surface area contributed by atoms with Gasteiger partial charge in [0.05, 0.1) is 35.9 Å². The summed E-state index contributed by atoms with van der Waals surface area (Å²) in [5.41, 5.74) is -5.82. The van der Waals surface area contributed by atoms with Crippen LogP contribution in [-0.2, 0) is 33.2 Å². The van der Waals surface area contributed by atoms with Crippen LogP contribution in [0.1, 0.15) is 102 Å². The predicted molar refractivity (Wildman–Crippen MR) is 199 cm³/mol. The Kier molecular flexibility index (Phi) is 15.4. The lowest BCUT2D eigenvalue weighted by molar-refractivity contribution is -0.334. The van der Waals surface area contributed by atoms with E-state index in [0.29, 0.717) is 13.0 Å². The number of likely N-dealkylation sites (N-methyl/N-ethyl adjacent to an activating group) is 2. The normalized spacial score (nSPS) is 50.3. The van der Waals surface area contributed by atoms with Crippen LogP contribution in [0.25, 0.3) is 0 Å². The maximum atomic E-state index is 14.2. The first-order valence-electron chi connectivity index (χ1n) is 19.5. The molecule has 18 atom stereocenters. The zero-order valence-corrected chi connectivity index (χ0v) is 35.1. The number of carbonyl (C=O) groups is 1. The number of methoxy groups -OCH3 is 1. The summed E-state index contributed by atoms with van der Waals surface area (Å²) in [6, 6.07) is -0.814. The standard InChI is InChI=1S/C39H74N2O12/c1-16-28-38(10,46)32(43)25(6)41(14)20-21(2)18-36(8,45)33(53-35-30(42)27(40(12)13)17-22(3)49-35)23(4)31(24(5)34(44)51-28)52-29-19-37(9,48-15)39(11,47)26(7)50-29/h21-33,35,42-43,45-47H,16-20H2,1-15H3/t21-,22-,23+,24-,25-,26+,27+,28-,29+,30-,31+,32-,33-,35+,36+,37-,38-,39-/m1/s1. The molecule has 0 saturated carbocycles. The highest BCUT2D eigenvalue weighted by Crippen LogP contribution is 2.43. The van der Waals surface area contributed by atoms with Crippen molar-refractivity contribution < 1.29 is 58.7 Å². The lowest BCUT2D eigenvalue weighted by Crippen LogP contribution is -2.65. The van der Waals surface area contributed by atoms with Crippen molar-refractivity contribution in [3.8, 4) is 0 Å². The molecule has 312 valence electrons. The Balaban J connectivity index is 2.19. The molecule has 0 aliphatic carbocycles. The molecule has 14 heteroatoms. The number of carbonyl (C=O) groups excluding carboxylic acids is 1. The Labute approximate surface area is 318 Å². The summed E-state index contributed by atoms with van der Waals surface area (Å²) < 4.78 is 37.8. The summed E-state index contributed by atoms with van der Waals surface area (Å²) in [6.07, 6.45) is -7.39. The highest BCUT2D eigenvalue weighted by Gasteiger charge is 2.56. The van der Waals surface area contributed by atoms with Gasteiger partial charge < -0.3 is 63.8 Å². The third kappa shape index (κ3) is 9.93. The van der Waals surface area contributed by atoms with Crippen molar-refractivity contribution in [1.82, 2.24) is 9.80 Å². The quantitative estimate of drug-likeness (QED) is 0.239. The van der Waals surface area contributed by atoms with Crippen LogP contribution >= 0.6 is 0 Å². The zero-order chi connectivity index (χ0) is 40.6. The number of aliphatic hydroxyl groups excluding tert-OH is 2. The number of esters is 1. The summed E-state index contributed by atoms with van der Waals surface area (Å²) in [5, 5.41) is 58.7. The van der Waals surface area contributed by atoms with E-state index in [4.69, 9.17) is 28.4 Å². The average Bonchev–Trinajstić information content (AvgIpc) is 3.06. The first-order valence-corrected chi connectivity index (χ1v) is 19.5. The smallest absolute Gasteiger partial charge is 0.311 e. The molecule has 5 N–H and O–H groups in total. The van der Waals surface area contributed by atoms with Gasteiger partial charge in [0, 0.05) is 38.1 Å². The average molecular weight is 763 g/mol. The van der Waals surface area contributed by atoms with Crippen LogP contribution in [-0.4, -0.2) is 166 Å². The van der Waals surface area contributed by atoms with Crippen molar-refractivity contribution in [2.45, 2.75) is 192 Å². The Bertz CT molecular complexity index is 1190. The Hall–Kier alpha value is -1.01. The third-order valence-corrected chi connectivity index (χ3v) is 13.0. The molecule has 3 aliphatic rings. The van der Waals surface area contributed by atoms with Gasteiger partial charge >= 0.3 is 5.97 Å². The molecule has 3 rings (SSSR count). The maximum Gasteiger partial charge on any atom is 0.311 e. The second-order valence-electron chi connectivity index (χ2n) is 17.7. The Morgan fingerprint density at radius 3 is 2.09 bits per heavy atom. The molecule has 0 radical (unpaired) electrons. The first kappa shape index (κ1) is 46.4. The molecule has 3 heterocycles. The van der Waals surface area contributed by atoms with Gasteiger partial charge in [0.15, 0.2) is 12.6 Å². The molecular weight excluding hydrogens is 688 g/mol. The molecule has 0 aromatic carbocycles. The molecule has 3 aliphatic heterocycles. The van der Waals surface area contributed by atoms with E-state index in [0.717, 1.165) is 0 Å². The molecule has 0 bridgehead atoms. The fourth-order valence-electron chi connectivity index (χ4n) is 8.88. The van der Waals surface area contributed by atoms with Crippen LogP contribution in [0.2, 0.25) is 0 Å². The van der Waals surface area contributed by atoms with E-state index in [1.165, 1.54) is 14.0 Å². The molecule has 0 spiro atoms. The summed E-state index contributed by atoms with van der Waals surface area (Å²) in [5.74, 6) is -2.61. The van der Waals surface area contributed by atoms with E-state index in [2.05, 4.69) is 0 Å². The fourth-order valence-corrected chi connectivity index (χ4v) is 8.88. The van der Waals surface area contributed by atoms with E-state index in [1.807, 2.05) is 51.7 Å². The second kappa shape index (κ2) is 17.6. The number of rotatable bonds is 7. The number of nitrogens with zero attached hydrogens (tertiary/aromatic N) is 2. The van der Waals surface area contributed by atoms with Crippen LogP contribution in [0.4, 0.5) is 0 Å². The van der Waals surface area contributed by atoms with Gasteiger partial charge in [-0.3, -0.25) is 4.79 Å². The predicted octanol–water partition coefficient (Wildman–Crippen LogP) is 2.29. The molecule has 3 fully saturated rings. The summed E-state index contributed by atoms with van der Waals surface area (Å²) in [4.78, 5) is 18.1. The molecule has 0 unspecified atom stereocenters. The lowest BCUT2D eigenvalue weighted by atomic mass is 9.76. The number of ether oxygens (including phenoxy) is 6.